The summed E-state index contributed by atoms with van der Waals surface area (Å²) in [6, 6.07) is 11.6. The maximum atomic E-state index is 12.3. The van der Waals surface area contributed by atoms with Crippen molar-refractivity contribution in [2.24, 2.45) is 0 Å². The van der Waals surface area contributed by atoms with Gasteiger partial charge in [-0.3, -0.25) is 4.79 Å². The standard InChI is InChI=1S/C16H15BrO3S/c1-11-6-7-13(8-12(11)2)16(18)10-21(19,20)15-5-3-4-14(17)9-15/h3-9H,10H2,1-2H3. The zero-order valence-electron chi connectivity index (χ0n) is 11.8. The Labute approximate surface area is 133 Å². The predicted octanol–water partition coefficient (Wildman–Crippen LogP) is 3.72. The number of Topliss-reactive ketones (excluding diaryl/α,β-unsaturated/α-hetero) is 1. The molecule has 0 N–H and O–H groups in total. The topological polar surface area (TPSA) is 51.2 Å². The van der Waals surface area contributed by atoms with E-state index in [1.165, 1.54) is 12.1 Å². The summed E-state index contributed by atoms with van der Waals surface area (Å²) in [5, 5.41) is 0. The van der Waals surface area contributed by atoms with Gasteiger partial charge in [0.15, 0.2) is 15.6 Å². The molecule has 0 saturated carbocycles. The van der Waals surface area contributed by atoms with Crippen molar-refractivity contribution in [3.8, 4) is 0 Å². The molecule has 0 aliphatic rings. The van der Waals surface area contributed by atoms with E-state index in [1.54, 1.807) is 24.3 Å². The second-order valence-corrected chi connectivity index (χ2v) is 7.84. The first kappa shape index (κ1) is 15.9. The van der Waals surface area contributed by atoms with Crippen LogP contribution >= 0.6 is 15.9 Å². The number of hydrogen-bond donors (Lipinski definition) is 0. The van der Waals surface area contributed by atoms with Gasteiger partial charge in [0.25, 0.3) is 0 Å². The first-order valence-electron chi connectivity index (χ1n) is 6.38. The number of benzene rings is 2. The van der Waals surface area contributed by atoms with Crippen LogP contribution in [0.1, 0.15) is 21.5 Å². The lowest BCUT2D eigenvalue weighted by atomic mass is 10.0. The molecule has 2 aromatic carbocycles. The van der Waals surface area contributed by atoms with Crippen LogP contribution in [0.3, 0.4) is 0 Å². The minimum Gasteiger partial charge on any atom is -0.293 e. The van der Waals surface area contributed by atoms with Gasteiger partial charge < -0.3 is 0 Å². The fourth-order valence-corrected chi connectivity index (χ4v) is 3.74. The number of sulfone groups is 1. The molecule has 2 aromatic rings. The van der Waals surface area contributed by atoms with E-state index in [4.69, 9.17) is 0 Å². The summed E-state index contributed by atoms with van der Waals surface area (Å²) in [5.41, 5.74) is 2.47. The van der Waals surface area contributed by atoms with Gasteiger partial charge >= 0.3 is 0 Å². The Kier molecular flexibility index (Phi) is 4.64. The molecule has 0 aliphatic carbocycles. The molecular formula is C16H15BrO3S. The Balaban J connectivity index is 2.28. The van der Waals surface area contributed by atoms with Crippen LogP contribution in [0.15, 0.2) is 51.8 Å². The number of halogens is 1. The van der Waals surface area contributed by atoms with E-state index in [0.29, 0.717) is 10.0 Å². The second kappa shape index (κ2) is 6.12. The molecule has 0 radical (unpaired) electrons. The number of rotatable bonds is 4. The maximum Gasteiger partial charge on any atom is 0.185 e. The first-order valence-corrected chi connectivity index (χ1v) is 8.83. The zero-order chi connectivity index (χ0) is 15.6. The summed E-state index contributed by atoms with van der Waals surface area (Å²) in [6.45, 7) is 3.84. The van der Waals surface area contributed by atoms with E-state index in [-0.39, 0.29) is 4.90 Å². The lowest BCUT2D eigenvalue weighted by Gasteiger charge is -2.06. The van der Waals surface area contributed by atoms with Gasteiger partial charge in [-0.1, -0.05) is 34.1 Å². The number of carbonyl (C=O) groups excluding carboxylic acids is 1. The quantitative estimate of drug-likeness (QED) is 0.774. The van der Waals surface area contributed by atoms with Gasteiger partial charge in [-0.05, 0) is 49.2 Å². The highest BCUT2D eigenvalue weighted by Crippen LogP contribution is 2.19. The SMILES string of the molecule is Cc1ccc(C(=O)CS(=O)(=O)c2cccc(Br)c2)cc1C. The fraction of sp³-hybridized carbons (Fsp3) is 0.188. The van der Waals surface area contributed by atoms with E-state index in [0.717, 1.165) is 11.1 Å². The van der Waals surface area contributed by atoms with Crippen molar-refractivity contribution in [3.63, 3.8) is 0 Å². The summed E-state index contributed by atoms with van der Waals surface area (Å²) < 4.78 is 25.2. The molecule has 0 unspecified atom stereocenters. The van der Waals surface area contributed by atoms with Crippen molar-refractivity contribution in [1.82, 2.24) is 0 Å². The van der Waals surface area contributed by atoms with E-state index >= 15 is 0 Å². The summed E-state index contributed by atoms with van der Waals surface area (Å²) in [6.07, 6.45) is 0. The van der Waals surface area contributed by atoms with E-state index in [1.807, 2.05) is 19.9 Å². The minimum atomic E-state index is -3.63. The van der Waals surface area contributed by atoms with Crippen LogP contribution in [0.4, 0.5) is 0 Å². The lowest BCUT2D eigenvalue weighted by Crippen LogP contribution is -2.16. The van der Waals surface area contributed by atoms with Crippen LogP contribution in [-0.2, 0) is 9.84 Å². The third kappa shape index (κ3) is 3.80. The van der Waals surface area contributed by atoms with E-state index < -0.39 is 21.4 Å². The minimum absolute atomic E-state index is 0.147. The highest BCUT2D eigenvalue weighted by Gasteiger charge is 2.20. The highest BCUT2D eigenvalue weighted by molar-refractivity contribution is 9.10. The molecular weight excluding hydrogens is 352 g/mol. The number of carbonyl (C=O) groups is 1. The van der Waals surface area contributed by atoms with Crippen LogP contribution in [-0.4, -0.2) is 20.0 Å². The summed E-state index contributed by atoms with van der Waals surface area (Å²) in [7, 11) is -3.63. The van der Waals surface area contributed by atoms with Crippen LogP contribution in [0.25, 0.3) is 0 Å². The van der Waals surface area contributed by atoms with Crippen molar-refractivity contribution < 1.29 is 13.2 Å². The molecule has 0 bridgehead atoms. The van der Waals surface area contributed by atoms with Crippen molar-refractivity contribution in [2.75, 3.05) is 5.75 Å². The molecule has 0 amide bonds. The zero-order valence-corrected chi connectivity index (χ0v) is 14.2. The number of hydrogen-bond acceptors (Lipinski definition) is 3. The molecule has 0 aliphatic heterocycles. The molecule has 110 valence electrons. The van der Waals surface area contributed by atoms with Gasteiger partial charge in [0, 0.05) is 10.0 Å². The summed E-state index contributed by atoms with van der Waals surface area (Å²) >= 11 is 3.23. The van der Waals surface area contributed by atoms with Crippen molar-refractivity contribution in [3.05, 3.63) is 63.6 Å². The lowest BCUT2D eigenvalue weighted by molar-refractivity contribution is 0.102. The fourth-order valence-electron chi connectivity index (χ4n) is 1.91. The Hall–Kier alpha value is -1.46. The largest absolute Gasteiger partial charge is 0.293 e. The number of aryl methyl sites for hydroxylation is 2. The van der Waals surface area contributed by atoms with Gasteiger partial charge in [-0.25, -0.2) is 8.42 Å². The van der Waals surface area contributed by atoms with Crippen molar-refractivity contribution in [1.29, 1.82) is 0 Å². The molecule has 0 aromatic heterocycles. The molecule has 0 spiro atoms. The third-order valence-electron chi connectivity index (χ3n) is 3.31. The molecule has 0 fully saturated rings. The summed E-state index contributed by atoms with van der Waals surface area (Å²) in [5.74, 6) is -0.913. The molecule has 3 nitrogen and oxygen atoms in total. The Morgan fingerprint density at radius 2 is 1.76 bits per heavy atom. The van der Waals surface area contributed by atoms with E-state index in [2.05, 4.69) is 15.9 Å². The van der Waals surface area contributed by atoms with Crippen LogP contribution < -0.4 is 0 Å². The third-order valence-corrected chi connectivity index (χ3v) is 5.41. The Bertz CT molecular complexity index is 795. The second-order valence-electron chi connectivity index (χ2n) is 4.94. The van der Waals surface area contributed by atoms with Crippen molar-refractivity contribution >= 4 is 31.6 Å². The highest BCUT2D eigenvalue weighted by atomic mass is 79.9. The van der Waals surface area contributed by atoms with Crippen LogP contribution in [0, 0.1) is 13.8 Å². The van der Waals surface area contributed by atoms with Crippen LogP contribution in [0.5, 0.6) is 0 Å². The van der Waals surface area contributed by atoms with Gasteiger partial charge in [-0.2, -0.15) is 0 Å². The van der Waals surface area contributed by atoms with Gasteiger partial charge in [0.05, 0.1) is 4.90 Å². The molecule has 0 saturated heterocycles. The molecule has 5 heteroatoms. The first-order chi connectivity index (χ1) is 9.79. The normalized spacial score (nSPS) is 11.4. The molecule has 0 atom stereocenters. The molecule has 2 rings (SSSR count). The van der Waals surface area contributed by atoms with E-state index in [9.17, 15) is 13.2 Å². The Morgan fingerprint density at radius 1 is 1.05 bits per heavy atom. The van der Waals surface area contributed by atoms with Gasteiger partial charge in [0.2, 0.25) is 0 Å². The average Bonchev–Trinajstić information content (AvgIpc) is 2.41. The van der Waals surface area contributed by atoms with Crippen LogP contribution in [0.2, 0.25) is 0 Å². The van der Waals surface area contributed by atoms with Gasteiger partial charge in [0.1, 0.15) is 5.75 Å². The maximum absolute atomic E-state index is 12.3. The Morgan fingerprint density at radius 3 is 2.38 bits per heavy atom. The molecule has 21 heavy (non-hydrogen) atoms. The number of ketones is 1. The smallest absolute Gasteiger partial charge is 0.185 e. The average molecular weight is 367 g/mol. The van der Waals surface area contributed by atoms with Crippen molar-refractivity contribution in [2.45, 2.75) is 18.7 Å². The molecule has 0 heterocycles. The predicted molar refractivity (Wildman–Crippen MR) is 86.4 cm³/mol. The van der Waals surface area contributed by atoms with Gasteiger partial charge in [-0.15, -0.1) is 0 Å². The monoisotopic (exact) mass is 366 g/mol. The summed E-state index contributed by atoms with van der Waals surface area (Å²) in [4.78, 5) is 12.3.